The molecular weight excluding hydrogens is 516 g/mol. The second kappa shape index (κ2) is 12.2. The Morgan fingerprint density at radius 2 is 1.90 bits per heavy atom. The van der Waals surface area contributed by atoms with Gasteiger partial charge in [0.05, 0.1) is 10.7 Å². The largest absolute Gasteiger partial charge is 0.484 e. The molecule has 0 amide bonds. The third-order valence-corrected chi connectivity index (χ3v) is 4.94. The predicted molar refractivity (Wildman–Crippen MR) is 122 cm³/mol. The number of nitrogens with one attached hydrogen (secondary N) is 2. The average Bonchev–Trinajstić information content (AvgIpc) is 3.12. The normalized spacial score (nSPS) is 11.9. The molecule has 0 aliphatic rings. The zero-order chi connectivity index (χ0) is 20.6. The van der Waals surface area contributed by atoms with Gasteiger partial charge in [0.15, 0.2) is 12.6 Å². The SMILES string of the molecule is CN=C(NCCc1csc(C(C)C)n1)NCc1ccc(OCC(F)(F)F)cc1.I. The van der Waals surface area contributed by atoms with Crippen LogP contribution in [-0.4, -0.2) is 37.3 Å². The fourth-order valence-electron chi connectivity index (χ4n) is 2.29. The van der Waals surface area contributed by atoms with Gasteiger partial charge in [-0.1, -0.05) is 26.0 Å². The summed E-state index contributed by atoms with van der Waals surface area (Å²) in [7, 11) is 1.68. The summed E-state index contributed by atoms with van der Waals surface area (Å²) in [6.45, 7) is 4.15. The second-order valence-corrected chi connectivity index (χ2v) is 7.37. The lowest BCUT2D eigenvalue weighted by molar-refractivity contribution is -0.153. The molecule has 29 heavy (non-hydrogen) atoms. The van der Waals surface area contributed by atoms with E-state index in [1.807, 2.05) is 0 Å². The molecule has 0 radical (unpaired) electrons. The van der Waals surface area contributed by atoms with Gasteiger partial charge in [-0.15, -0.1) is 35.3 Å². The summed E-state index contributed by atoms with van der Waals surface area (Å²) >= 11 is 1.68. The summed E-state index contributed by atoms with van der Waals surface area (Å²) in [5.74, 6) is 1.27. The van der Waals surface area contributed by atoms with Crippen LogP contribution in [0.4, 0.5) is 13.2 Å². The van der Waals surface area contributed by atoms with Crippen molar-refractivity contribution in [2.24, 2.45) is 4.99 Å². The molecule has 0 bridgehead atoms. The second-order valence-electron chi connectivity index (χ2n) is 6.48. The molecular formula is C19H26F3IN4OS. The number of ether oxygens (including phenoxy) is 1. The highest BCUT2D eigenvalue weighted by Crippen LogP contribution is 2.20. The lowest BCUT2D eigenvalue weighted by Gasteiger charge is -2.12. The highest BCUT2D eigenvalue weighted by Gasteiger charge is 2.28. The first-order valence-corrected chi connectivity index (χ1v) is 9.82. The van der Waals surface area contributed by atoms with Gasteiger partial charge in [0.25, 0.3) is 0 Å². The van der Waals surface area contributed by atoms with Gasteiger partial charge in [-0.05, 0) is 17.7 Å². The monoisotopic (exact) mass is 542 g/mol. The van der Waals surface area contributed by atoms with Crippen molar-refractivity contribution in [1.82, 2.24) is 15.6 Å². The summed E-state index contributed by atoms with van der Waals surface area (Å²) in [5, 5.41) is 9.62. The van der Waals surface area contributed by atoms with Crippen LogP contribution in [0, 0.1) is 0 Å². The van der Waals surface area contributed by atoms with Crippen LogP contribution in [0.25, 0.3) is 0 Å². The van der Waals surface area contributed by atoms with Crippen LogP contribution in [0.5, 0.6) is 5.75 Å². The van der Waals surface area contributed by atoms with Crippen LogP contribution in [-0.2, 0) is 13.0 Å². The van der Waals surface area contributed by atoms with Crippen molar-refractivity contribution in [3.63, 3.8) is 0 Å². The topological polar surface area (TPSA) is 58.5 Å². The van der Waals surface area contributed by atoms with Gasteiger partial charge in [0.2, 0.25) is 0 Å². The average molecular weight is 542 g/mol. The molecule has 1 aromatic carbocycles. The molecule has 0 unspecified atom stereocenters. The highest BCUT2D eigenvalue weighted by molar-refractivity contribution is 14.0. The third-order valence-electron chi connectivity index (χ3n) is 3.75. The standard InChI is InChI=1S/C19H25F3N4OS.HI/c1-13(2)17-26-15(11-28-17)8-9-24-18(23-3)25-10-14-4-6-16(7-5-14)27-12-19(20,21)22;/h4-7,11,13H,8-10,12H2,1-3H3,(H2,23,24,25);1H. The molecule has 0 aliphatic carbocycles. The Kier molecular flexibility index (Phi) is 10.7. The predicted octanol–water partition coefficient (Wildman–Crippen LogP) is 4.73. The van der Waals surface area contributed by atoms with Crippen molar-refractivity contribution >= 4 is 41.3 Å². The zero-order valence-electron chi connectivity index (χ0n) is 16.5. The number of aliphatic imine (C=N–C) groups is 1. The lowest BCUT2D eigenvalue weighted by Crippen LogP contribution is -2.37. The van der Waals surface area contributed by atoms with Crippen molar-refractivity contribution in [1.29, 1.82) is 0 Å². The number of nitrogens with zero attached hydrogens (tertiary/aromatic N) is 2. The molecule has 0 spiro atoms. The Labute approximate surface area is 190 Å². The van der Waals surface area contributed by atoms with Crippen molar-refractivity contribution in [2.45, 2.75) is 38.9 Å². The van der Waals surface area contributed by atoms with Crippen molar-refractivity contribution in [3.8, 4) is 5.75 Å². The molecule has 0 fully saturated rings. The van der Waals surface area contributed by atoms with E-state index in [4.69, 9.17) is 4.74 Å². The zero-order valence-corrected chi connectivity index (χ0v) is 19.7. The van der Waals surface area contributed by atoms with E-state index in [0.29, 0.717) is 25.0 Å². The number of hydrogen-bond donors (Lipinski definition) is 2. The van der Waals surface area contributed by atoms with E-state index < -0.39 is 12.8 Å². The number of thiazole rings is 1. The molecule has 0 aliphatic heterocycles. The van der Waals surface area contributed by atoms with E-state index in [9.17, 15) is 13.2 Å². The van der Waals surface area contributed by atoms with E-state index in [-0.39, 0.29) is 29.7 Å². The Hall–Kier alpha value is -1.56. The molecule has 2 N–H and O–H groups in total. The summed E-state index contributed by atoms with van der Waals surface area (Å²) in [6, 6.07) is 6.48. The Balaban J connectivity index is 0.00000420. The Bertz CT molecular complexity index is 764. The number of hydrogen-bond acceptors (Lipinski definition) is 4. The van der Waals surface area contributed by atoms with Crippen LogP contribution in [0.15, 0.2) is 34.6 Å². The number of halogens is 4. The summed E-state index contributed by atoms with van der Waals surface area (Å²) in [4.78, 5) is 8.77. The minimum absolute atomic E-state index is 0. The molecule has 162 valence electrons. The molecule has 1 aromatic heterocycles. The minimum atomic E-state index is -4.34. The van der Waals surface area contributed by atoms with E-state index in [2.05, 4.69) is 39.8 Å². The first kappa shape index (κ1) is 25.5. The maximum absolute atomic E-state index is 12.2. The van der Waals surface area contributed by atoms with Crippen molar-refractivity contribution in [2.75, 3.05) is 20.2 Å². The van der Waals surface area contributed by atoms with Gasteiger partial charge in [0.1, 0.15) is 5.75 Å². The Morgan fingerprint density at radius 3 is 2.45 bits per heavy atom. The summed E-state index contributed by atoms with van der Waals surface area (Å²) in [5.41, 5.74) is 1.97. The van der Waals surface area contributed by atoms with E-state index in [0.717, 1.165) is 22.7 Å². The van der Waals surface area contributed by atoms with Crippen molar-refractivity contribution < 1.29 is 17.9 Å². The van der Waals surface area contributed by atoms with Crippen LogP contribution in [0.2, 0.25) is 0 Å². The maximum atomic E-state index is 12.2. The van der Waals surface area contributed by atoms with E-state index in [1.54, 1.807) is 30.5 Å². The first-order chi connectivity index (χ1) is 13.3. The fourth-order valence-corrected chi connectivity index (χ4v) is 3.16. The number of rotatable bonds is 8. The number of alkyl halides is 3. The van der Waals surface area contributed by atoms with Crippen LogP contribution >= 0.6 is 35.3 Å². The van der Waals surface area contributed by atoms with E-state index in [1.165, 1.54) is 12.1 Å². The van der Waals surface area contributed by atoms with Crippen LogP contribution in [0.3, 0.4) is 0 Å². The number of benzene rings is 1. The number of guanidine groups is 1. The smallest absolute Gasteiger partial charge is 0.422 e. The first-order valence-electron chi connectivity index (χ1n) is 8.94. The van der Waals surface area contributed by atoms with Gasteiger partial charge in [-0.2, -0.15) is 13.2 Å². The molecule has 2 rings (SSSR count). The molecule has 1 heterocycles. The van der Waals surface area contributed by atoms with Gasteiger partial charge < -0.3 is 15.4 Å². The summed E-state index contributed by atoms with van der Waals surface area (Å²) in [6.07, 6.45) is -3.54. The maximum Gasteiger partial charge on any atom is 0.422 e. The molecule has 10 heteroatoms. The van der Waals surface area contributed by atoms with Crippen LogP contribution in [0.1, 0.15) is 36.0 Å². The Morgan fingerprint density at radius 1 is 1.21 bits per heavy atom. The van der Waals surface area contributed by atoms with Gasteiger partial charge in [0, 0.05) is 37.9 Å². The van der Waals surface area contributed by atoms with Gasteiger partial charge in [-0.25, -0.2) is 4.98 Å². The molecule has 0 atom stereocenters. The van der Waals surface area contributed by atoms with Gasteiger partial charge >= 0.3 is 6.18 Å². The van der Waals surface area contributed by atoms with Crippen molar-refractivity contribution in [3.05, 3.63) is 45.9 Å². The minimum Gasteiger partial charge on any atom is -0.484 e. The third kappa shape index (κ3) is 9.66. The quantitative estimate of drug-likeness (QED) is 0.288. The molecule has 5 nitrogen and oxygen atoms in total. The fraction of sp³-hybridized carbons (Fsp3) is 0.474. The van der Waals surface area contributed by atoms with Crippen LogP contribution < -0.4 is 15.4 Å². The highest BCUT2D eigenvalue weighted by atomic mass is 127. The molecule has 0 saturated heterocycles. The van der Waals surface area contributed by atoms with Gasteiger partial charge in [-0.3, -0.25) is 4.99 Å². The lowest BCUT2D eigenvalue weighted by atomic mass is 10.2. The molecule has 2 aromatic rings. The summed E-state index contributed by atoms with van der Waals surface area (Å²) < 4.78 is 41.2. The van der Waals surface area contributed by atoms with E-state index >= 15 is 0 Å². The number of aromatic nitrogens is 1. The molecule has 0 saturated carbocycles.